The number of imidazole rings is 1. The second kappa shape index (κ2) is 11.6. The number of hydrogen-bond acceptors (Lipinski definition) is 8. The Labute approximate surface area is 223 Å². The fourth-order valence-corrected chi connectivity index (χ4v) is 4.94. The zero-order valence-electron chi connectivity index (χ0n) is 23.2. The predicted octanol–water partition coefficient (Wildman–Crippen LogP) is 4.53. The highest BCUT2D eigenvalue weighted by molar-refractivity contribution is 5.74. The number of carbonyl (C=O) groups excluding carboxylic acids is 1. The van der Waals surface area contributed by atoms with Gasteiger partial charge in [-0.1, -0.05) is 26.8 Å². The predicted molar refractivity (Wildman–Crippen MR) is 146 cm³/mol. The third-order valence-corrected chi connectivity index (χ3v) is 7.28. The van der Waals surface area contributed by atoms with Crippen molar-refractivity contribution in [2.24, 2.45) is 18.4 Å². The molecule has 206 valence electrons. The van der Waals surface area contributed by atoms with Gasteiger partial charge in [0.2, 0.25) is 5.95 Å². The number of nitrogens with one attached hydrogen (secondary N) is 1. The monoisotopic (exact) mass is 525 g/mol. The first-order chi connectivity index (χ1) is 18.1. The summed E-state index contributed by atoms with van der Waals surface area (Å²) >= 11 is 0. The lowest BCUT2D eigenvalue weighted by atomic mass is 9.78. The second-order valence-electron chi connectivity index (χ2n) is 11.0. The first kappa shape index (κ1) is 27.6. The molecule has 0 amide bonds. The van der Waals surface area contributed by atoms with Gasteiger partial charge in [0.05, 0.1) is 25.8 Å². The van der Waals surface area contributed by atoms with E-state index in [2.05, 4.69) is 10.3 Å². The van der Waals surface area contributed by atoms with Gasteiger partial charge in [0.1, 0.15) is 11.3 Å². The number of nitrogens with zero attached hydrogens (tertiary/aromatic N) is 4. The normalized spacial score (nSPS) is 15.4. The zero-order chi connectivity index (χ0) is 27.4. The molecule has 38 heavy (non-hydrogen) atoms. The molecule has 2 aromatic heterocycles. The van der Waals surface area contributed by atoms with Crippen molar-refractivity contribution in [2.75, 3.05) is 32.2 Å². The van der Waals surface area contributed by atoms with Crippen LogP contribution in [0.4, 0.5) is 11.6 Å². The Morgan fingerprint density at radius 2 is 2.00 bits per heavy atom. The Hall–Kier alpha value is -3.40. The maximum absolute atomic E-state index is 13.0. The molecule has 1 saturated heterocycles. The third kappa shape index (κ3) is 6.01. The van der Waals surface area contributed by atoms with Crippen LogP contribution >= 0.6 is 0 Å². The Kier molecular flexibility index (Phi) is 8.40. The second-order valence-corrected chi connectivity index (χ2v) is 11.0. The fraction of sp³-hybridized carbons (Fsp3) is 0.571. The van der Waals surface area contributed by atoms with E-state index in [1.807, 2.05) is 45.9 Å². The SMILES string of the molecule is COC(=O)C(CCCOc1ccc(C)c(Nc2ncc3c(n2)n(C2CCOCC2)c(=O)n3C)c1)C(C)(C)C. The third-order valence-electron chi connectivity index (χ3n) is 7.28. The molecule has 10 heteroatoms. The molecular formula is C28H39N5O5. The number of fused-ring (bicyclic) bond motifs is 1. The van der Waals surface area contributed by atoms with Crippen LogP contribution in [-0.4, -0.2) is 52.0 Å². The van der Waals surface area contributed by atoms with Crippen LogP contribution in [0, 0.1) is 18.3 Å². The summed E-state index contributed by atoms with van der Waals surface area (Å²) in [6.45, 7) is 9.89. The van der Waals surface area contributed by atoms with Gasteiger partial charge in [-0.3, -0.25) is 13.9 Å². The molecule has 0 aliphatic carbocycles. The molecule has 1 fully saturated rings. The molecule has 10 nitrogen and oxygen atoms in total. The average Bonchev–Trinajstić information content (AvgIpc) is 3.14. The minimum atomic E-state index is -0.185. The van der Waals surface area contributed by atoms with Crippen molar-refractivity contribution in [3.8, 4) is 5.75 Å². The molecule has 1 unspecified atom stereocenters. The molecule has 0 radical (unpaired) electrons. The minimum absolute atomic E-state index is 0.0539. The summed E-state index contributed by atoms with van der Waals surface area (Å²) in [5, 5.41) is 3.30. The molecule has 1 aromatic carbocycles. The molecule has 1 aliphatic rings. The number of carbonyl (C=O) groups is 1. The van der Waals surface area contributed by atoms with Gasteiger partial charge in [-0.25, -0.2) is 9.78 Å². The molecule has 0 bridgehead atoms. The molecule has 0 spiro atoms. The molecule has 1 N–H and O–H groups in total. The topological polar surface area (TPSA) is 110 Å². The van der Waals surface area contributed by atoms with Crippen molar-refractivity contribution in [2.45, 2.75) is 59.4 Å². The van der Waals surface area contributed by atoms with Crippen molar-refractivity contribution < 1.29 is 19.0 Å². The van der Waals surface area contributed by atoms with Crippen molar-refractivity contribution in [1.29, 1.82) is 0 Å². The number of aromatic nitrogens is 4. The fourth-order valence-electron chi connectivity index (χ4n) is 4.94. The number of aryl methyl sites for hydroxylation is 2. The van der Waals surface area contributed by atoms with Crippen LogP contribution in [0.2, 0.25) is 0 Å². The van der Waals surface area contributed by atoms with Gasteiger partial charge < -0.3 is 19.5 Å². The first-order valence-corrected chi connectivity index (χ1v) is 13.2. The van der Waals surface area contributed by atoms with Crippen molar-refractivity contribution >= 4 is 28.8 Å². The highest BCUT2D eigenvalue weighted by Gasteiger charge is 2.31. The van der Waals surface area contributed by atoms with Crippen LogP contribution in [0.15, 0.2) is 29.2 Å². The van der Waals surface area contributed by atoms with Gasteiger partial charge >= 0.3 is 11.7 Å². The number of benzene rings is 1. The highest BCUT2D eigenvalue weighted by atomic mass is 16.5. The molecule has 3 heterocycles. The largest absolute Gasteiger partial charge is 0.494 e. The van der Waals surface area contributed by atoms with Crippen molar-refractivity contribution in [1.82, 2.24) is 19.1 Å². The van der Waals surface area contributed by atoms with Crippen LogP contribution in [0.3, 0.4) is 0 Å². The summed E-state index contributed by atoms with van der Waals surface area (Å²) in [5.74, 6) is 0.755. The van der Waals surface area contributed by atoms with E-state index >= 15 is 0 Å². The van der Waals surface area contributed by atoms with E-state index < -0.39 is 0 Å². The Morgan fingerprint density at radius 1 is 1.26 bits per heavy atom. The number of methoxy groups -OCH3 is 1. The standard InChI is InChI=1S/C28H39N5O5/c1-18-9-10-20(38-13-7-8-21(25(34)36-6)28(2,3)4)16-22(18)30-26-29-17-23-24(31-26)33(27(35)32(23)5)19-11-14-37-15-12-19/h9-10,16-17,19,21H,7-8,11-15H2,1-6H3,(H,29,30,31). The van der Waals surface area contributed by atoms with E-state index in [-0.39, 0.29) is 29.0 Å². The van der Waals surface area contributed by atoms with Crippen LogP contribution in [0.1, 0.15) is 58.1 Å². The molecule has 0 saturated carbocycles. The summed E-state index contributed by atoms with van der Waals surface area (Å²) in [6.07, 6.45) is 4.66. The average molecular weight is 526 g/mol. The molecule has 3 aromatic rings. The zero-order valence-corrected chi connectivity index (χ0v) is 23.2. The van der Waals surface area contributed by atoms with E-state index in [1.165, 1.54) is 7.11 Å². The van der Waals surface area contributed by atoms with E-state index in [9.17, 15) is 9.59 Å². The highest BCUT2D eigenvalue weighted by Crippen LogP contribution is 2.31. The van der Waals surface area contributed by atoms with Crippen LogP contribution in [0.25, 0.3) is 11.2 Å². The quantitative estimate of drug-likeness (QED) is 0.321. The summed E-state index contributed by atoms with van der Waals surface area (Å²) < 4.78 is 19.9. The lowest BCUT2D eigenvalue weighted by Gasteiger charge is -2.28. The summed E-state index contributed by atoms with van der Waals surface area (Å²) in [7, 11) is 3.18. The van der Waals surface area contributed by atoms with Crippen molar-refractivity contribution in [3.05, 3.63) is 40.4 Å². The van der Waals surface area contributed by atoms with Gasteiger partial charge in [0.15, 0.2) is 5.65 Å². The number of rotatable bonds is 9. The maximum atomic E-state index is 13.0. The molecule has 1 aliphatic heterocycles. The summed E-state index contributed by atoms with van der Waals surface area (Å²) in [5.41, 5.74) is 2.87. The van der Waals surface area contributed by atoms with Crippen LogP contribution < -0.4 is 15.7 Å². The Balaban J connectivity index is 1.47. The van der Waals surface area contributed by atoms with Gasteiger partial charge in [0, 0.05) is 38.1 Å². The van der Waals surface area contributed by atoms with E-state index in [0.717, 1.165) is 30.5 Å². The first-order valence-electron chi connectivity index (χ1n) is 13.2. The summed E-state index contributed by atoms with van der Waals surface area (Å²) in [6, 6.07) is 5.87. The van der Waals surface area contributed by atoms with Gasteiger partial charge in [-0.15, -0.1) is 0 Å². The molecular weight excluding hydrogens is 486 g/mol. The van der Waals surface area contributed by atoms with Crippen molar-refractivity contribution in [3.63, 3.8) is 0 Å². The molecule has 4 rings (SSSR count). The Morgan fingerprint density at radius 3 is 2.68 bits per heavy atom. The number of anilines is 2. The summed E-state index contributed by atoms with van der Waals surface area (Å²) in [4.78, 5) is 34.4. The number of hydrogen-bond donors (Lipinski definition) is 1. The van der Waals surface area contributed by atoms with E-state index in [4.69, 9.17) is 19.2 Å². The smallest absolute Gasteiger partial charge is 0.330 e. The van der Waals surface area contributed by atoms with E-state index in [1.54, 1.807) is 22.4 Å². The Bertz CT molecular complexity index is 1330. The van der Waals surface area contributed by atoms with E-state index in [0.29, 0.717) is 49.1 Å². The van der Waals surface area contributed by atoms with Gasteiger partial charge in [0.25, 0.3) is 0 Å². The van der Waals surface area contributed by atoms with Gasteiger partial charge in [-0.2, -0.15) is 4.98 Å². The maximum Gasteiger partial charge on any atom is 0.330 e. The minimum Gasteiger partial charge on any atom is -0.494 e. The van der Waals surface area contributed by atoms with Crippen LogP contribution in [-0.2, 0) is 21.3 Å². The van der Waals surface area contributed by atoms with Gasteiger partial charge in [-0.05, 0) is 49.7 Å². The lowest BCUT2D eigenvalue weighted by Crippen LogP contribution is -2.30. The molecule has 1 atom stereocenters. The number of ether oxygens (including phenoxy) is 3. The lowest BCUT2D eigenvalue weighted by molar-refractivity contribution is -0.149. The van der Waals surface area contributed by atoms with Crippen LogP contribution in [0.5, 0.6) is 5.75 Å². The number of esters is 1.